The van der Waals surface area contributed by atoms with Gasteiger partial charge in [-0.1, -0.05) is 6.07 Å². The van der Waals surface area contributed by atoms with E-state index in [9.17, 15) is 4.79 Å². The first-order valence-electron chi connectivity index (χ1n) is 5.58. The van der Waals surface area contributed by atoms with E-state index >= 15 is 0 Å². The molecule has 92 valence electrons. The highest BCUT2D eigenvalue weighted by Gasteiger charge is 2.08. The lowest BCUT2D eigenvalue weighted by Crippen LogP contribution is -1.99. The lowest BCUT2D eigenvalue weighted by Gasteiger charge is -2.04. The number of aryl methyl sites for hydroxylation is 1. The zero-order valence-electron chi connectivity index (χ0n) is 10.3. The molecule has 0 unspecified atom stereocenters. The number of carboxylic acid groups (broad SMARTS) is 1. The Kier molecular flexibility index (Phi) is 3.28. The Morgan fingerprint density at radius 3 is 2.72 bits per heavy atom. The topological polar surface area (TPSA) is 54.6 Å². The second-order valence-corrected chi connectivity index (χ2v) is 4.06. The van der Waals surface area contributed by atoms with Crippen LogP contribution in [-0.2, 0) is 7.05 Å². The van der Waals surface area contributed by atoms with Gasteiger partial charge < -0.3 is 9.67 Å². The van der Waals surface area contributed by atoms with Gasteiger partial charge in [-0.05, 0) is 36.8 Å². The molecule has 0 saturated carbocycles. The third-order valence-electron chi connectivity index (χ3n) is 2.86. The third kappa shape index (κ3) is 2.32. The number of carboxylic acids is 1. The van der Waals surface area contributed by atoms with Crippen LogP contribution in [0.1, 0.15) is 21.6 Å². The monoisotopic (exact) mass is 242 g/mol. The predicted octanol–water partition coefficient (Wildman–Crippen LogP) is 2.78. The molecule has 1 aromatic carbocycles. The lowest BCUT2D eigenvalue weighted by atomic mass is 10.1. The number of carbonyl (C=O) groups is 1. The Morgan fingerprint density at radius 2 is 2.11 bits per heavy atom. The number of aromatic carboxylic acids is 1. The van der Waals surface area contributed by atoms with E-state index in [2.05, 4.69) is 4.99 Å². The minimum atomic E-state index is -0.927. The molecule has 0 fully saturated rings. The fraction of sp³-hybridized carbons (Fsp3) is 0.143. The standard InChI is InChI=1S/C14H14N2O2/c1-10-12(14(17)18)6-3-7-13(10)15-9-11-5-4-8-16(11)2/h3-9H,1-2H3,(H,17,18). The van der Waals surface area contributed by atoms with Crippen molar-refractivity contribution < 1.29 is 9.90 Å². The van der Waals surface area contributed by atoms with E-state index in [0.717, 1.165) is 5.69 Å². The van der Waals surface area contributed by atoms with Crippen LogP contribution in [0.25, 0.3) is 0 Å². The molecule has 1 heterocycles. The molecule has 1 aromatic heterocycles. The van der Waals surface area contributed by atoms with Crippen molar-refractivity contribution in [2.45, 2.75) is 6.92 Å². The minimum absolute atomic E-state index is 0.288. The molecule has 0 bridgehead atoms. The average molecular weight is 242 g/mol. The van der Waals surface area contributed by atoms with Crippen molar-refractivity contribution in [2.24, 2.45) is 12.0 Å². The van der Waals surface area contributed by atoms with Gasteiger partial charge in [0.25, 0.3) is 0 Å². The molecular weight excluding hydrogens is 228 g/mol. The molecule has 4 heteroatoms. The Balaban J connectivity index is 2.36. The maximum absolute atomic E-state index is 11.0. The number of hydrogen-bond donors (Lipinski definition) is 1. The largest absolute Gasteiger partial charge is 0.478 e. The van der Waals surface area contributed by atoms with Gasteiger partial charge in [-0.3, -0.25) is 4.99 Å². The van der Waals surface area contributed by atoms with Crippen LogP contribution in [0.4, 0.5) is 5.69 Å². The normalized spacial score (nSPS) is 11.0. The van der Waals surface area contributed by atoms with Crippen molar-refractivity contribution in [3.05, 3.63) is 53.3 Å². The smallest absolute Gasteiger partial charge is 0.336 e. The molecule has 0 spiro atoms. The van der Waals surface area contributed by atoms with Gasteiger partial charge in [0.2, 0.25) is 0 Å². The number of benzene rings is 1. The van der Waals surface area contributed by atoms with Crippen LogP contribution < -0.4 is 0 Å². The third-order valence-corrected chi connectivity index (χ3v) is 2.86. The Bertz CT molecular complexity index is 612. The Labute approximate surface area is 105 Å². The summed E-state index contributed by atoms with van der Waals surface area (Å²) >= 11 is 0. The molecule has 0 aliphatic rings. The SMILES string of the molecule is Cc1c(N=Cc2cccn2C)cccc1C(=O)O. The molecule has 18 heavy (non-hydrogen) atoms. The van der Waals surface area contributed by atoms with Crippen LogP contribution in [0.5, 0.6) is 0 Å². The molecule has 0 aliphatic carbocycles. The summed E-state index contributed by atoms with van der Waals surface area (Å²) in [6, 6.07) is 8.97. The molecule has 4 nitrogen and oxygen atoms in total. The van der Waals surface area contributed by atoms with Crippen molar-refractivity contribution >= 4 is 17.9 Å². The van der Waals surface area contributed by atoms with Crippen molar-refractivity contribution in [3.8, 4) is 0 Å². The van der Waals surface area contributed by atoms with E-state index in [4.69, 9.17) is 5.11 Å². The predicted molar refractivity (Wildman–Crippen MR) is 70.8 cm³/mol. The average Bonchev–Trinajstić information content (AvgIpc) is 2.73. The quantitative estimate of drug-likeness (QED) is 0.841. The van der Waals surface area contributed by atoms with Crippen LogP contribution in [0.3, 0.4) is 0 Å². The van der Waals surface area contributed by atoms with Crippen LogP contribution in [-0.4, -0.2) is 21.9 Å². The fourth-order valence-electron chi connectivity index (χ4n) is 1.74. The molecule has 0 radical (unpaired) electrons. The van der Waals surface area contributed by atoms with Gasteiger partial charge in [0, 0.05) is 13.2 Å². The van der Waals surface area contributed by atoms with E-state index in [1.807, 2.05) is 29.9 Å². The van der Waals surface area contributed by atoms with Gasteiger partial charge in [-0.15, -0.1) is 0 Å². The maximum atomic E-state index is 11.0. The van der Waals surface area contributed by atoms with E-state index in [0.29, 0.717) is 11.3 Å². The number of aliphatic imine (C=N–C) groups is 1. The highest BCUT2D eigenvalue weighted by atomic mass is 16.4. The van der Waals surface area contributed by atoms with Crippen LogP contribution in [0.2, 0.25) is 0 Å². The second-order valence-electron chi connectivity index (χ2n) is 4.06. The van der Waals surface area contributed by atoms with E-state index in [1.165, 1.54) is 0 Å². The summed E-state index contributed by atoms with van der Waals surface area (Å²) in [5, 5.41) is 9.03. The molecule has 0 atom stereocenters. The fourth-order valence-corrected chi connectivity index (χ4v) is 1.74. The summed E-state index contributed by atoms with van der Waals surface area (Å²) in [7, 11) is 1.93. The first-order chi connectivity index (χ1) is 8.59. The van der Waals surface area contributed by atoms with Crippen LogP contribution in [0, 0.1) is 6.92 Å². The number of rotatable bonds is 3. The maximum Gasteiger partial charge on any atom is 0.336 e. The first-order valence-corrected chi connectivity index (χ1v) is 5.58. The van der Waals surface area contributed by atoms with Gasteiger partial charge in [-0.2, -0.15) is 0 Å². The first kappa shape index (κ1) is 12.1. The molecular formula is C14H14N2O2. The van der Waals surface area contributed by atoms with Crippen molar-refractivity contribution in [2.75, 3.05) is 0 Å². The highest BCUT2D eigenvalue weighted by Crippen LogP contribution is 2.21. The Morgan fingerprint density at radius 1 is 1.33 bits per heavy atom. The highest BCUT2D eigenvalue weighted by molar-refractivity contribution is 5.91. The number of nitrogens with zero attached hydrogens (tertiary/aromatic N) is 2. The summed E-state index contributed by atoms with van der Waals surface area (Å²) in [5.41, 5.74) is 2.61. The van der Waals surface area contributed by atoms with E-state index in [1.54, 1.807) is 31.3 Å². The minimum Gasteiger partial charge on any atom is -0.478 e. The summed E-state index contributed by atoms with van der Waals surface area (Å²) in [4.78, 5) is 15.3. The molecule has 0 saturated heterocycles. The summed E-state index contributed by atoms with van der Waals surface area (Å²) < 4.78 is 1.94. The number of aromatic nitrogens is 1. The van der Waals surface area contributed by atoms with Gasteiger partial charge in [-0.25, -0.2) is 4.79 Å². The summed E-state index contributed by atoms with van der Waals surface area (Å²) in [6.07, 6.45) is 3.66. The number of hydrogen-bond acceptors (Lipinski definition) is 2. The van der Waals surface area contributed by atoms with E-state index in [-0.39, 0.29) is 5.56 Å². The van der Waals surface area contributed by atoms with Gasteiger partial charge >= 0.3 is 5.97 Å². The Hall–Kier alpha value is -2.36. The zero-order chi connectivity index (χ0) is 13.1. The zero-order valence-corrected chi connectivity index (χ0v) is 10.3. The van der Waals surface area contributed by atoms with Gasteiger partial charge in [0.15, 0.2) is 0 Å². The molecule has 1 N–H and O–H groups in total. The van der Waals surface area contributed by atoms with Gasteiger partial charge in [0.05, 0.1) is 23.2 Å². The van der Waals surface area contributed by atoms with Crippen molar-refractivity contribution in [1.29, 1.82) is 0 Å². The van der Waals surface area contributed by atoms with Crippen LogP contribution in [0.15, 0.2) is 41.5 Å². The summed E-state index contributed by atoms with van der Waals surface area (Å²) in [5.74, 6) is -0.927. The second kappa shape index (κ2) is 4.87. The van der Waals surface area contributed by atoms with Crippen LogP contribution >= 0.6 is 0 Å². The van der Waals surface area contributed by atoms with Crippen molar-refractivity contribution in [1.82, 2.24) is 4.57 Å². The molecule has 2 rings (SSSR count). The molecule has 0 amide bonds. The molecule has 2 aromatic rings. The van der Waals surface area contributed by atoms with Crippen molar-refractivity contribution in [3.63, 3.8) is 0 Å². The summed E-state index contributed by atoms with van der Waals surface area (Å²) in [6.45, 7) is 1.76. The van der Waals surface area contributed by atoms with E-state index < -0.39 is 5.97 Å². The van der Waals surface area contributed by atoms with Gasteiger partial charge in [0.1, 0.15) is 0 Å². The lowest BCUT2D eigenvalue weighted by molar-refractivity contribution is 0.0696. The molecule has 0 aliphatic heterocycles.